The zero-order valence-corrected chi connectivity index (χ0v) is 10.9. The van der Waals surface area contributed by atoms with E-state index in [1.165, 1.54) is 12.1 Å². The van der Waals surface area contributed by atoms with Crippen molar-refractivity contribution < 1.29 is 9.13 Å². The van der Waals surface area contributed by atoms with Crippen molar-refractivity contribution in [3.05, 3.63) is 53.5 Å². The van der Waals surface area contributed by atoms with Gasteiger partial charge in [0.25, 0.3) is 0 Å². The molecule has 2 rings (SSSR count). The van der Waals surface area contributed by atoms with Crippen LogP contribution in [0.3, 0.4) is 0 Å². The van der Waals surface area contributed by atoms with Gasteiger partial charge in [0, 0.05) is 6.07 Å². The molecule has 0 amide bonds. The predicted molar refractivity (Wildman–Crippen MR) is 70.5 cm³/mol. The minimum Gasteiger partial charge on any atom is -0.480 e. The van der Waals surface area contributed by atoms with Crippen molar-refractivity contribution in [2.45, 2.75) is 12.5 Å². The van der Waals surface area contributed by atoms with Crippen LogP contribution in [0.15, 0.2) is 36.4 Å². The summed E-state index contributed by atoms with van der Waals surface area (Å²) in [6, 6.07) is 10.2. The standard InChI is InChI=1S/C14H16FN3O/c1-16-13(9-10-4-3-5-11(15)8-10)12-6-7-14(19-2)18-17-12/h3-8,13,16H,9H2,1-2H3. The molecular weight excluding hydrogens is 245 g/mol. The highest BCUT2D eigenvalue weighted by atomic mass is 19.1. The topological polar surface area (TPSA) is 47.0 Å². The summed E-state index contributed by atoms with van der Waals surface area (Å²) in [5.41, 5.74) is 1.71. The molecule has 1 N–H and O–H groups in total. The van der Waals surface area contributed by atoms with Crippen LogP contribution in [0.4, 0.5) is 4.39 Å². The Morgan fingerprint density at radius 3 is 2.68 bits per heavy atom. The molecule has 1 unspecified atom stereocenters. The molecule has 0 fully saturated rings. The number of ether oxygens (including phenoxy) is 1. The van der Waals surface area contributed by atoms with E-state index in [-0.39, 0.29) is 11.9 Å². The number of hydrogen-bond acceptors (Lipinski definition) is 4. The maximum absolute atomic E-state index is 13.2. The van der Waals surface area contributed by atoms with Crippen LogP contribution in [0.2, 0.25) is 0 Å². The van der Waals surface area contributed by atoms with E-state index in [0.717, 1.165) is 11.3 Å². The van der Waals surface area contributed by atoms with Gasteiger partial charge in [-0.2, -0.15) is 5.10 Å². The number of likely N-dealkylation sites (N-methyl/N-ethyl adjacent to an activating group) is 1. The van der Waals surface area contributed by atoms with Crippen LogP contribution >= 0.6 is 0 Å². The van der Waals surface area contributed by atoms with Gasteiger partial charge in [0.2, 0.25) is 5.88 Å². The summed E-state index contributed by atoms with van der Waals surface area (Å²) in [5.74, 6) is 0.248. The van der Waals surface area contributed by atoms with Crippen LogP contribution in [0, 0.1) is 5.82 Å². The molecule has 19 heavy (non-hydrogen) atoms. The van der Waals surface area contributed by atoms with E-state index in [2.05, 4.69) is 15.5 Å². The fraction of sp³-hybridized carbons (Fsp3) is 0.286. The Hall–Kier alpha value is -2.01. The molecule has 0 spiro atoms. The van der Waals surface area contributed by atoms with Gasteiger partial charge >= 0.3 is 0 Å². The lowest BCUT2D eigenvalue weighted by atomic mass is 10.0. The Labute approximate surface area is 111 Å². The highest BCUT2D eigenvalue weighted by Crippen LogP contribution is 2.17. The van der Waals surface area contributed by atoms with Crippen molar-refractivity contribution in [1.29, 1.82) is 0 Å². The Bertz CT molecular complexity index is 530. The normalized spacial score (nSPS) is 12.2. The van der Waals surface area contributed by atoms with E-state index in [1.54, 1.807) is 19.2 Å². The predicted octanol–water partition coefficient (Wildman–Crippen LogP) is 2.13. The van der Waals surface area contributed by atoms with Gasteiger partial charge in [0.05, 0.1) is 18.8 Å². The Morgan fingerprint density at radius 2 is 2.11 bits per heavy atom. The lowest BCUT2D eigenvalue weighted by Gasteiger charge is -2.15. The van der Waals surface area contributed by atoms with E-state index in [1.807, 2.05) is 19.2 Å². The minimum absolute atomic E-state index is 0.0137. The Balaban J connectivity index is 2.15. The van der Waals surface area contributed by atoms with Gasteiger partial charge in [-0.05, 0) is 37.2 Å². The van der Waals surface area contributed by atoms with Crippen LogP contribution in [0.5, 0.6) is 5.88 Å². The summed E-state index contributed by atoms with van der Waals surface area (Å²) in [7, 11) is 3.39. The second kappa shape index (κ2) is 6.24. The average molecular weight is 261 g/mol. The largest absolute Gasteiger partial charge is 0.480 e. The quantitative estimate of drug-likeness (QED) is 0.895. The number of aromatic nitrogens is 2. The second-order valence-corrected chi connectivity index (χ2v) is 4.18. The van der Waals surface area contributed by atoms with Crippen molar-refractivity contribution in [2.75, 3.05) is 14.2 Å². The molecule has 2 aromatic rings. The van der Waals surface area contributed by atoms with E-state index in [0.29, 0.717) is 12.3 Å². The molecule has 100 valence electrons. The van der Waals surface area contributed by atoms with Gasteiger partial charge in [0.15, 0.2) is 0 Å². The fourth-order valence-corrected chi connectivity index (χ4v) is 1.88. The Kier molecular flexibility index (Phi) is 4.41. The molecule has 0 saturated carbocycles. The summed E-state index contributed by atoms with van der Waals surface area (Å²) in [5, 5.41) is 11.2. The molecule has 0 aliphatic rings. The number of hydrogen-bond donors (Lipinski definition) is 1. The summed E-state index contributed by atoms with van der Waals surface area (Å²) in [6.07, 6.45) is 0.648. The van der Waals surface area contributed by atoms with Crippen LogP contribution in [-0.4, -0.2) is 24.4 Å². The van der Waals surface area contributed by atoms with Crippen LogP contribution in [0.25, 0.3) is 0 Å². The Morgan fingerprint density at radius 1 is 1.26 bits per heavy atom. The summed E-state index contributed by atoms with van der Waals surface area (Å²) in [4.78, 5) is 0. The minimum atomic E-state index is -0.229. The molecule has 5 heteroatoms. The van der Waals surface area contributed by atoms with Crippen LogP contribution in [0.1, 0.15) is 17.3 Å². The van der Waals surface area contributed by atoms with Gasteiger partial charge in [-0.25, -0.2) is 4.39 Å². The number of nitrogens with zero attached hydrogens (tertiary/aromatic N) is 2. The molecule has 1 aromatic carbocycles. The smallest absolute Gasteiger partial charge is 0.233 e. The van der Waals surface area contributed by atoms with E-state index in [9.17, 15) is 4.39 Å². The third-order valence-corrected chi connectivity index (χ3v) is 2.90. The number of methoxy groups -OCH3 is 1. The fourth-order valence-electron chi connectivity index (χ4n) is 1.88. The highest BCUT2D eigenvalue weighted by Gasteiger charge is 2.12. The maximum atomic E-state index is 13.2. The molecule has 0 bridgehead atoms. The SMILES string of the molecule is CNC(Cc1cccc(F)c1)c1ccc(OC)nn1. The molecule has 1 heterocycles. The average Bonchev–Trinajstić information content (AvgIpc) is 2.45. The van der Waals surface area contributed by atoms with Gasteiger partial charge in [-0.15, -0.1) is 5.10 Å². The molecule has 0 radical (unpaired) electrons. The summed E-state index contributed by atoms with van der Waals surface area (Å²) < 4.78 is 18.1. The second-order valence-electron chi connectivity index (χ2n) is 4.18. The van der Waals surface area contributed by atoms with Crippen molar-refractivity contribution in [3.63, 3.8) is 0 Å². The van der Waals surface area contributed by atoms with Crippen molar-refractivity contribution in [1.82, 2.24) is 15.5 Å². The third kappa shape index (κ3) is 3.48. The first-order valence-corrected chi connectivity index (χ1v) is 6.02. The zero-order chi connectivity index (χ0) is 13.7. The van der Waals surface area contributed by atoms with E-state index >= 15 is 0 Å². The maximum Gasteiger partial charge on any atom is 0.233 e. The first-order valence-electron chi connectivity index (χ1n) is 6.02. The van der Waals surface area contributed by atoms with Crippen molar-refractivity contribution in [2.24, 2.45) is 0 Å². The van der Waals surface area contributed by atoms with Crippen molar-refractivity contribution in [3.8, 4) is 5.88 Å². The number of benzene rings is 1. The lowest BCUT2D eigenvalue weighted by Crippen LogP contribution is -2.20. The summed E-state index contributed by atoms with van der Waals surface area (Å²) in [6.45, 7) is 0. The third-order valence-electron chi connectivity index (χ3n) is 2.90. The van der Waals surface area contributed by atoms with E-state index < -0.39 is 0 Å². The van der Waals surface area contributed by atoms with Gasteiger partial charge in [-0.1, -0.05) is 12.1 Å². The molecule has 0 aliphatic carbocycles. The molecule has 1 atom stereocenters. The number of halogens is 1. The van der Waals surface area contributed by atoms with E-state index in [4.69, 9.17) is 4.74 Å². The van der Waals surface area contributed by atoms with Gasteiger partial charge in [0.1, 0.15) is 5.82 Å². The molecule has 0 saturated heterocycles. The van der Waals surface area contributed by atoms with Crippen molar-refractivity contribution >= 4 is 0 Å². The first kappa shape index (κ1) is 13.4. The lowest BCUT2D eigenvalue weighted by molar-refractivity contribution is 0.389. The highest BCUT2D eigenvalue weighted by molar-refractivity contribution is 5.21. The molecule has 1 aromatic heterocycles. The van der Waals surface area contributed by atoms with Gasteiger partial charge < -0.3 is 10.1 Å². The molecule has 0 aliphatic heterocycles. The number of rotatable bonds is 5. The van der Waals surface area contributed by atoms with Crippen LogP contribution < -0.4 is 10.1 Å². The molecule has 4 nitrogen and oxygen atoms in total. The van der Waals surface area contributed by atoms with Gasteiger partial charge in [-0.3, -0.25) is 0 Å². The zero-order valence-electron chi connectivity index (χ0n) is 10.9. The van der Waals surface area contributed by atoms with Crippen LogP contribution in [-0.2, 0) is 6.42 Å². The summed E-state index contributed by atoms with van der Waals surface area (Å²) >= 11 is 0. The first-order chi connectivity index (χ1) is 9.22. The molecular formula is C14H16FN3O. The monoisotopic (exact) mass is 261 g/mol. The number of nitrogens with one attached hydrogen (secondary N) is 1.